The second-order valence-electron chi connectivity index (χ2n) is 2.65. The van der Waals surface area contributed by atoms with Crippen molar-refractivity contribution >= 4 is 43.8 Å². The summed E-state index contributed by atoms with van der Waals surface area (Å²) in [6.45, 7) is 1.39. The Labute approximate surface area is 110 Å². The molecule has 0 spiro atoms. The number of halogens is 3. The zero-order chi connectivity index (χ0) is 10.7. The van der Waals surface area contributed by atoms with Crippen molar-refractivity contribution in [1.82, 2.24) is 0 Å². The number of carbonyl (C=O) groups is 1. The fourth-order valence-corrected chi connectivity index (χ4v) is 6.20. The van der Waals surface area contributed by atoms with Gasteiger partial charge in [0.1, 0.15) is 0 Å². The molecule has 0 saturated carbocycles. The van der Waals surface area contributed by atoms with Gasteiger partial charge in [0.2, 0.25) is 0 Å². The Kier molecular flexibility index (Phi) is 4.98. The van der Waals surface area contributed by atoms with Gasteiger partial charge in [-0.05, 0) is 0 Å². The molecule has 0 bridgehead atoms. The van der Waals surface area contributed by atoms with Gasteiger partial charge < -0.3 is 0 Å². The van der Waals surface area contributed by atoms with Crippen molar-refractivity contribution in [2.45, 2.75) is 6.92 Å². The van der Waals surface area contributed by atoms with Gasteiger partial charge in [-0.25, -0.2) is 0 Å². The van der Waals surface area contributed by atoms with Crippen LogP contribution < -0.4 is 3.07 Å². The van der Waals surface area contributed by atoms with Crippen LogP contribution in [0.2, 0.25) is 15.1 Å². The van der Waals surface area contributed by atoms with Crippen molar-refractivity contribution < 1.29 is 32.5 Å². The summed E-state index contributed by atoms with van der Waals surface area (Å²) >= 11 is 15.6. The van der Waals surface area contributed by atoms with Crippen LogP contribution in [-0.4, -0.2) is 5.97 Å². The van der Waals surface area contributed by atoms with E-state index in [-0.39, 0.29) is 5.97 Å². The predicted molar refractivity (Wildman–Crippen MR) is 52.9 cm³/mol. The van der Waals surface area contributed by atoms with Crippen molar-refractivity contribution in [1.29, 1.82) is 0 Å². The predicted octanol–water partition coefficient (Wildman–Crippen LogP) is 2.83. The Balaban J connectivity index is 2.84. The van der Waals surface area contributed by atoms with E-state index in [0.29, 0.717) is 15.1 Å². The monoisotopic (exact) mass is 440 g/mol. The molecule has 6 heteroatoms. The van der Waals surface area contributed by atoms with Crippen LogP contribution >= 0.6 is 34.8 Å². The van der Waals surface area contributed by atoms with Crippen LogP contribution in [0.3, 0.4) is 0 Å². The molecule has 14 heavy (non-hydrogen) atoms. The molecule has 0 fully saturated rings. The molecule has 72 valence electrons. The average Bonchev–Trinajstić information content (AvgIpc) is 2.10. The molecule has 0 heterocycles. The summed E-state index contributed by atoms with van der Waals surface area (Å²) in [5, 5.41) is 1.15. The van der Waals surface area contributed by atoms with Crippen LogP contribution in [0.15, 0.2) is 12.1 Å². The van der Waals surface area contributed by atoms with E-state index in [1.54, 1.807) is 12.1 Å². The summed E-state index contributed by atoms with van der Waals surface area (Å²) in [6, 6.07) is 3.42. The molecule has 0 N–H and O–H groups in total. The van der Waals surface area contributed by atoms with Crippen molar-refractivity contribution in [2.24, 2.45) is 0 Å². The Morgan fingerprint density at radius 1 is 1.29 bits per heavy atom. The molecular weight excluding hydrogens is 435 g/mol. The molecule has 0 atom stereocenters. The number of hydrogen-bond acceptors (Lipinski definition) is 2. The standard InChI is InChI=1S/C6H2Cl3.C2H4O2.Hg/c7-4-2-1-3-5(8)6(4)9;1-2(3)4;/h2-3H;1H3,(H,3,4);/q;;+1/p-1. The van der Waals surface area contributed by atoms with Gasteiger partial charge in [-0.3, -0.25) is 0 Å². The molecule has 0 aliphatic heterocycles. The van der Waals surface area contributed by atoms with E-state index in [2.05, 4.69) is 0 Å². The first kappa shape index (κ1) is 12.6. The van der Waals surface area contributed by atoms with Gasteiger partial charge in [0, 0.05) is 0 Å². The molecule has 0 amide bonds. The molecule has 0 aliphatic carbocycles. The van der Waals surface area contributed by atoms with Gasteiger partial charge >= 0.3 is 110 Å². The summed E-state index contributed by atoms with van der Waals surface area (Å²) in [7, 11) is 0. The normalized spacial score (nSPS) is 9.43. The van der Waals surface area contributed by atoms with Crippen molar-refractivity contribution in [3.05, 3.63) is 27.2 Å². The summed E-state index contributed by atoms with van der Waals surface area (Å²) in [5.74, 6) is -0.256. The Morgan fingerprint density at radius 3 is 2.21 bits per heavy atom. The Hall–Kier alpha value is 0.495. The fraction of sp³-hybridized carbons (Fsp3) is 0.125. The molecule has 0 aliphatic rings. The first-order chi connectivity index (χ1) is 6.50. The van der Waals surface area contributed by atoms with Crippen LogP contribution in [0.5, 0.6) is 0 Å². The zero-order valence-corrected chi connectivity index (χ0v) is 15.1. The molecule has 1 aromatic carbocycles. The van der Waals surface area contributed by atoms with Crippen molar-refractivity contribution in [2.75, 3.05) is 0 Å². The van der Waals surface area contributed by atoms with Gasteiger partial charge in [-0.1, -0.05) is 0 Å². The Morgan fingerprint density at radius 2 is 1.79 bits per heavy atom. The van der Waals surface area contributed by atoms with Crippen molar-refractivity contribution in [3.8, 4) is 0 Å². The van der Waals surface area contributed by atoms with Gasteiger partial charge in [0.25, 0.3) is 0 Å². The SMILES string of the molecule is CC(=O)[O][Hg][c]1cc(Cl)c(Cl)c(Cl)c1. The van der Waals surface area contributed by atoms with E-state index < -0.39 is 25.0 Å². The molecule has 2 nitrogen and oxygen atoms in total. The van der Waals surface area contributed by atoms with Gasteiger partial charge in [-0.15, -0.1) is 0 Å². The first-order valence-electron chi connectivity index (χ1n) is 3.77. The summed E-state index contributed by atoms with van der Waals surface area (Å²) in [6.07, 6.45) is 0. The van der Waals surface area contributed by atoms with Crippen LogP contribution in [0.25, 0.3) is 0 Å². The third kappa shape index (κ3) is 3.57. The average molecular weight is 440 g/mol. The minimum atomic E-state index is -1.84. The molecule has 0 aromatic heterocycles. The Bertz CT molecular complexity index is 345. The molecule has 0 radical (unpaired) electrons. The van der Waals surface area contributed by atoms with Crippen LogP contribution in [0.1, 0.15) is 6.92 Å². The number of carbonyl (C=O) groups excluding carboxylic acids is 1. The molecular formula is C8H5Cl3HgO2. The van der Waals surface area contributed by atoms with Gasteiger partial charge in [0.05, 0.1) is 0 Å². The van der Waals surface area contributed by atoms with E-state index in [9.17, 15) is 4.79 Å². The summed E-state index contributed by atoms with van der Waals surface area (Å²) in [4.78, 5) is 10.6. The van der Waals surface area contributed by atoms with Crippen LogP contribution in [0, 0.1) is 0 Å². The number of benzene rings is 1. The van der Waals surface area contributed by atoms with Gasteiger partial charge in [-0.2, -0.15) is 0 Å². The van der Waals surface area contributed by atoms with E-state index >= 15 is 0 Å². The van der Waals surface area contributed by atoms with Gasteiger partial charge in [0.15, 0.2) is 0 Å². The maximum absolute atomic E-state index is 10.6. The van der Waals surface area contributed by atoms with Crippen LogP contribution in [0.4, 0.5) is 0 Å². The third-order valence-corrected chi connectivity index (χ3v) is 7.71. The van der Waals surface area contributed by atoms with E-state index in [1.807, 2.05) is 0 Å². The number of rotatable bonds is 2. The van der Waals surface area contributed by atoms with Crippen molar-refractivity contribution in [3.63, 3.8) is 0 Å². The minimum absolute atomic E-state index is 0.256. The topological polar surface area (TPSA) is 26.3 Å². The molecule has 1 rings (SSSR count). The number of hydrogen-bond donors (Lipinski definition) is 0. The fourth-order valence-electron chi connectivity index (χ4n) is 0.876. The summed E-state index contributed by atoms with van der Waals surface area (Å²) < 4.78 is 5.93. The molecule has 1 aromatic rings. The van der Waals surface area contributed by atoms with Crippen LogP contribution in [-0.2, 0) is 32.5 Å². The molecule has 0 unspecified atom stereocenters. The first-order valence-corrected chi connectivity index (χ1v) is 9.90. The molecule has 0 saturated heterocycles. The second-order valence-corrected chi connectivity index (χ2v) is 9.26. The van der Waals surface area contributed by atoms with E-state index in [4.69, 9.17) is 37.4 Å². The van der Waals surface area contributed by atoms with E-state index in [1.165, 1.54) is 6.92 Å². The zero-order valence-electron chi connectivity index (χ0n) is 7.31. The third-order valence-electron chi connectivity index (χ3n) is 1.49. The van der Waals surface area contributed by atoms with E-state index in [0.717, 1.165) is 3.07 Å². The maximum atomic E-state index is 10.6. The second kappa shape index (κ2) is 5.54. The quantitative estimate of drug-likeness (QED) is 0.523. The summed E-state index contributed by atoms with van der Waals surface area (Å²) in [5.41, 5.74) is 0.